The highest BCUT2D eigenvalue weighted by Gasteiger charge is 2.30. The topological polar surface area (TPSA) is 95.7 Å². The van der Waals surface area contributed by atoms with E-state index in [1.807, 2.05) is 9.80 Å². The van der Waals surface area contributed by atoms with Gasteiger partial charge in [0.2, 0.25) is 17.7 Å². The van der Waals surface area contributed by atoms with Gasteiger partial charge in [0.1, 0.15) is 6.04 Å². The first-order chi connectivity index (χ1) is 19.8. The Morgan fingerprint density at radius 2 is 1.71 bits per heavy atom. The first kappa shape index (κ1) is 30.8. The molecular weight excluding hydrogens is 512 g/mol. The van der Waals surface area contributed by atoms with Crippen molar-refractivity contribution in [3.8, 4) is 0 Å². The highest BCUT2D eigenvalue weighted by atomic mass is 16.2. The maximum atomic E-state index is 13.5. The van der Waals surface area contributed by atoms with Crippen LogP contribution in [0.5, 0.6) is 0 Å². The lowest BCUT2D eigenvalue weighted by Gasteiger charge is -2.35. The SMILES string of the molecule is CC(=O)N1Cc2cccc(CC3CCN(C(=O)[C@H](CCCCN)NC(=O)CCCCc4ccc(C)cc4)CC3)c2C1. The fourth-order valence-electron chi connectivity index (χ4n) is 6.18. The van der Waals surface area contributed by atoms with Gasteiger partial charge in [-0.15, -0.1) is 0 Å². The molecule has 1 atom stereocenters. The van der Waals surface area contributed by atoms with Crippen molar-refractivity contribution in [3.63, 3.8) is 0 Å². The summed E-state index contributed by atoms with van der Waals surface area (Å²) in [5.41, 5.74) is 12.2. The Morgan fingerprint density at radius 1 is 0.951 bits per heavy atom. The van der Waals surface area contributed by atoms with Crippen LogP contribution in [-0.4, -0.2) is 53.2 Å². The molecule has 0 saturated carbocycles. The zero-order valence-corrected chi connectivity index (χ0v) is 25.0. The summed E-state index contributed by atoms with van der Waals surface area (Å²) in [6, 6.07) is 14.5. The predicted octanol–water partition coefficient (Wildman–Crippen LogP) is 4.67. The predicted molar refractivity (Wildman–Crippen MR) is 163 cm³/mol. The number of rotatable bonds is 13. The van der Waals surface area contributed by atoms with Gasteiger partial charge in [-0.1, -0.05) is 48.0 Å². The Kier molecular flexibility index (Phi) is 11.4. The number of nitrogens with two attached hydrogens (primary N) is 1. The summed E-state index contributed by atoms with van der Waals surface area (Å²) in [7, 11) is 0. The number of piperidine rings is 1. The zero-order valence-electron chi connectivity index (χ0n) is 25.0. The fourth-order valence-corrected chi connectivity index (χ4v) is 6.18. The molecule has 2 aromatic carbocycles. The smallest absolute Gasteiger partial charge is 0.245 e. The number of unbranched alkanes of at least 4 members (excludes halogenated alkanes) is 2. The number of hydrogen-bond acceptors (Lipinski definition) is 4. The van der Waals surface area contributed by atoms with Gasteiger partial charge in [0.15, 0.2) is 0 Å². The van der Waals surface area contributed by atoms with Crippen LogP contribution in [0.3, 0.4) is 0 Å². The van der Waals surface area contributed by atoms with Crippen molar-refractivity contribution in [1.29, 1.82) is 0 Å². The third-order valence-electron chi connectivity index (χ3n) is 8.78. The fraction of sp³-hybridized carbons (Fsp3) is 0.559. The summed E-state index contributed by atoms with van der Waals surface area (Å²) < 4.78 is 0. The van der Waals surface area contributed by atoms with E-state index in [0.717, 1.165) is 64.5 Å². The normalized spacial score (nSPS) is 16.0. The number of fused-ring (bicyclic) bond motifs is 1. The van der Waals surface area contributed by atoms with E-state index >= 15 is 0 Å². The monoisotopic (exact) mass is 560 g/mol. The van der Waals surface area contributed by atoms with E-state index in [0.29, 0.717) is 38.4 Å². The van der Waals surface area contributed by atoms with Crippen LogP contribution in [0.2, 0.25) is 0 Å². The van der Waals surface area contributed by atoms with E-state index in [-0.39, 0.29) is 17.7 Å². The summed E-state index contributed by atoms with van der Waals surface area (Å²) in [6.07, 6.45) is 8.36. The molecule has 1 saturated heterocycles. The molecule has 7 heteroatoms. The number of carbonyl (C=O) groups is 3. The van der Waals surface area contributed by atoms with Crippen LogP contribution in [-0.2, 0) is 40.3 Å². The van der Waals surface area contributed by atoms with Crippen LogP contribution in [0.1, 0.15) is 86.1 Å². The molecule has 3 amide bonds. The Morgan fingerprint density at radius 3 is 2.41 bits per heavy atom. The molecule has 2 aromatic rings. The number of carbonyl (C=O) groups excluding carboxylic acids is 3. The number of likely N-dealkylation sites (tertiary alicyclic amines) is 1. The van der Waals surface area contributed by atoms with Gasteiger partial charge in [-0.3, -0.25) is 14.4 Å². The van der Waals surface area contributed by atoms with E-state index in [4.69, 9.17) is 5.73 Å². The molecule has 4 rings (SSSR count). The van der Waals surface area contributed by atoms with Gasteiger partial charge in [0.25, 0.3) is 0 Å². The molecule has 2 aliphatic rings. The Labute approximate surface area is 245 Å². The molecule has 0 radical (unpaired) electrons. The Balaban J connectivity index is 1.25. The summed E-state index contributed by atoms with van der Waals surface area (Å²) in [5.74, 6) is 0.642. The molecule has 0 aromatic heterocycles. The highest BCUT2D eigenvalue weighted by Crippen LogP contribution is 2.30. The molecule has 0 bridgehead atoms. The van der Waals surface area contributed by atoms with Gasteiger partial charge in [0.05, 0.1) is 0 Å². The quantitative estimate of drug-likeness (QED) is 0.348. The summed E-state index contributed by atoms with van der Waals surface area (Å²) in [4.78, 5) is 42.1. The minimum Gasteiger partial charge on any atom is -0.344 e. The zero-order chi connectivity index (χ0) is 29.2. The molecule has 2 heterocycles. The van der Waals surface area contributed by atoms with Crippen molar-refractivity contribution < 1.29 is 14.4 Å². The second-order valence-electron chi connectivity index (χ2n) is 12.0. The van der Waals surface area contributed by atoms with Crippen LogP contribution in [0.4, 0.5) is 0 Å². The van der Waals surface area contributed by atoms with Crippen LogP contribution in [0, 0.1) is 12.8 Å². The molecular formula is C34H48N4O3. The lowest BCUT2D eigenvalue weighted by atomic mass is 9.87. The average Bonchev–Trinajstić information content (AvgIpc) is 3.42. The van der Waals surface area contributed by atoms with E-state index < -0.39 is 6.04 Å². The molecule has 2 aliphatic heterocycles. The molecule has 0 spiro atoms. The van der Waals surface area contributed by atoms with Crippen LogP contribution in [0.25, 0.3) is 0 Å². The summed E-state index contributed by atoms with van der Waals surface area (Å²) >= 11 is 0. The van der Waals surface area contributed by atoms with Gasteiger partial charge < -0.3 is 20.9 Å². The van der Waals surface area contributed by atoms with Crippen molar-refractivity contribution >= 4 is 17.7 Å². The molecule has 41 heavy (non-hydrogen) atoms. The van der Waals surface area contributed by atoms with Gasteiger partial charge in [-0.25, -0.2) is 0 Å². The molecule has 0 unspecified atom stereocenters. The molecule has 1 fully saturated rings. The third-order valence-corrected chi connectivity index (χ3v) is 8.78. The Bertz CT molecular complexity index is 1170. The van der Waals surface area contributed by atoms with Crippen LogP contribution < -0.4 is 11.1 Å². The van der Waals surface area contributed by atoms with E-state index in [2.05, 4.69) is 54.7 Å². The minimum absolute atomic E-state index is 0.0348. The van der Waals surface area contributed by atoms with E-state index in [9.17, 15) is 14.4 Å². The number of benzene rings is 2. The van der Waals surface area contributed by atoms with Gasteiger partial charge in [-0.2, -0.15) is 0 Å². The number of hydrogen-bond donors (Lipinski definition) is 2. The largest absolute Gasteiger partial charge is 0.344 e. The molecule has 7 nitrogen and oxygen atoms in total. The number of nitrogens with one attached hydrogen (secondary N) is 1. The Hall–Kier alpha value is -3.19. The second-order valence-corrected chi connectivity index (χ2v) is 12.0. The van der Waals surface area contributed by atoms with Crippen molar-refractivity contribution in [2.75, 3.05) is 19.6 Å². The molecule has 3 N–H and O–H groups in total. The number of aryl methyl sites for hydroxylation is 2. The first-order valence-electron chi connectivity index (χ1n) is 15.5. The van der Waals surface area contributed by atoms with Gasteiger partial charge >= 0.3 is 0 Å². The lowest BCUT2D eigenvalue weighted by molar-refractivity contribution is -0.138. The van der Waals surface area contributed by atoms with Crippen molar-refractivity contribution in [2.45, 2.75) is 97.2 Å². The van der Waals surface area contributed by atoms with Crippen LogP contribution >= 0.6 is 0 Å². The maximum absolute atomic E-state index is 13.5. The van der Waals surface area contributed by atoms with Gasteiger partial charge in [-0.05, 0) is 99.4 Å². The maximum Gasteiger partial charge on any atom is 0.245 e. The number of nitrogens with zero attached hydrogens (tertiary/aromatic N) is 2. The molecule has 0 aliphatic carbocycles. The van der Waals surface area contributed by atoms with E-state index in [1.54, 1.807) is 6.92 Å². The summed E-state index contributed by atoms with van der Waals surface area (Å²) in [5, 5.41) is 3.07. The third kappa shape index (κ3) is 8.90. The minimum atomic E-state index is -0.474. The second kappa shape index (κ2) is 15.2. The number of amides is 3. The lowest BCUT2D eigenvalue weighted by Crippen LogP contribution is -2.50. The van der Waals surface area contributed by atoms with Crippen molar-refractivity contribution in [1.82, 2.24) is 15.1 Å². The standard InChI is InChI=1S/C34H48N4O3/c1-25-13-15-27(16-14-25)8-3-4-12-33(40)36-32(11-5-6-19-35)34(41)37-20-17-28(18-21-37)22-29-9-7-10-30-23-38(26(2)39)24-31(29)30/h7,9-10,13-16,28,32H,3-6,8,11-12,17-24,35H2,1-2H3,(H,36,40)/t32-/m0/s1. The first-order valence-corrected chi connectivity index (χ1v) is 15.5. The van der Waals surface area contributed by atoms with Crippen LogP contribution in [0.15, 0.2) is 42.5 Å². The summed E-state index contributed by atoms with van der Waals surface area (Å²) in [6.45, 7) is 7.16. The molecule has 222 valence electrons. The van der Waals surface area contributed by atoms with Gasteiger partial charge in [0, 0.05) is 39.5 Å². The highest BCUT2D eigenvalue weighted by molar-refractivity contribution is 5.87. The van der Waals surface area contributed by atoms with Crippen molar-refractivity contribution in [2.24, 2.45) is 11.7 Å². The van der Waals surface area contributed by atoms with Crippen molar-refractivity contribution in [3.05, 3.63) is 70.3 Å². The van der Waals surface area contributed by atoms with E-state index in [1.165, 1.54) is 27.8 Å². The average molecular weight is 561 g/mol.